The molecule has 0 atom stereocenters. The molecule has 2 aromatic rings. The van der Waals surface area contributed by atoms with Crippen molar-refractivity contribution in [3.8, 4) is 0 Å². The predicted octanol–water partition coefficient (Wildman–Crippen LogP) is 0.994. The summed E-state index contributed by atoms with van der Waals surface area (Å²) in [6.07, 6.45) is 0. The number of rotatable bonds is 3. The fraction of sp³-hybridized carbons (Fsp3) is 0.364. The van der Waals surface area contributed by atoms with Crippen molar-refractivity contribution in [2.24, 2.45) is 5.73 Å². The number of carbonyl (C=O) groups is 1. The predicted molar refractivity (Wildman–Crippen MR) is 60.5 cm³/mol. The molecule has 84 valence electrons. The number of nitrogens with two attached hydrogens (primary N) is 1. The molecule has 2 N–H and O–H groups in total. The fourth-order valence-electron chi connectivity index (χ4n) is 1.48. The van der Waals surface area contributed by atoms with Gasteiger partial charge in [-0.3, -0.25) is 4.79 Å². The highest BCUT2D eigenvalue weighted by Crippen LogP contribution is 2.12. The van der Waals surface area contributed by atoms with Crippen LogP contribution in [0.1, 0.15) is 36.1 Å². The third-order valence-electron chi connectivity index (χ3n) is 2.36. The van der Waals surface area contributed by atoms with Crippen LogP contribution in [0.3, 0.4) is 0 Å². The molecule has 0 aliphatic heterocycles. The third-order valence-corrected chi connectivity index (χ3v) is 2.36. The molecule has 0 aliphatic rings. The lowest BCUT2D eigenvalue weighted by atomic mass is 10.2. The summed E-state index contributed by atoms with van der Waals surface area (Å²) in [5.74, 6) is 0.837. The van der Waals surface area contributed by atoms with E-state index in [4.69, 9.17) is 5.73 Å². The number of aromatic nitrogens is 3. The second kappa shape index (κ2) is 4.02. The largest absolute Gasteiger partial charge is 0.324 e. The summed E-state index contributed by atoms with van der Waals surface area (Å²) in [6.45, 7) is 4.01. The first-order chi connectivity index (χ1) is 7.63. The number of hydrogen-bond donors (Lipinski definition) is 1. The van der Waals surface area contributed by atoms with Gasteiger partial charge in [-0.05, 0) is 12.1 Å². The third kappa shape index (κ3) is 1.69. The van der Waals surface area contributed by atoms with E-state index < -0.39 is 0 Å². The van der Waals surface area contributed by atoms with Crippen LogP contribution in [-0.2, 0) is 0 Å². The van der Waals surface area contributed by atoms with Gasteiger partial charge < -0.3 is 5.73 Å². The Hall–Kier alpha value is -1.75. The average Bonchev–Trinajstić information content (AvgIpc) is 2.71. The van der Waals surface area contributed by atoms with E-state index >= 15 is 0 Å². The number of carbonyl (C=O) groups excluding carboxylic acids is 1. The van der Waals surface area contributed by atoms with Gasteiger partial charge in [0.25, 0.3) is 0 Å². The highest BCUT2D eigenvalue weighted by Gasteiger charge is 2.13. The molecule has 0 unspecified atom stereocenters. The molecular formula is C11H14N4O. The number of hydrogen-bond acceptors (Lipinski definition) is 4. The zero-order chi connectivity index (χ0) is 11.7. The average molecular weight is 218 g/mol. The van der Waals surface area contributed by atoms with Crippen LogP contribution in [0.15, 0.2) is 18.2 Å². The van der Waals surface area contributed by atoms with Gasteiger partial charge in [0.1, 0.15) is 5.69 Å². The number of Topliss-reactive ketones (excluding diaryl/α,β-unsaturated/α-hetero) is 1. The number of ketones is 1. The molecule has 2 heterocycles. The van der Waals surface area contributed by atoms with E-state index in [-0.39, 0.29) is 18.2 Å². The minimum atomic E-state index is -0.134. The molecule has 0 saturated heterocycles. The maximum atomic E-state index is 11.6. The first-order valence-electron chi connectivity index (χ1n) is 5.22. The SMILES string of the molecule is CC(C)c1nc2cccc(C(=O)CN)n2n1. The van der Waals surface area contributed by atoms with E-state index in [9.17, 15) is 4.79 Å². The Morgan fingerprint density at radius 3 is 2.88 bits per heavy atom. The molecule has 5 heteroatoms. The van der Waals surface area contributed by atoms with Crippen LogP contribution in [0.4, 0.5) is 0 Å². The zero-order valence-corrected chi connectivity index (χ0v) is 9.34. The molecule has 0 aliphatic carbocycles. The van der Waals surface area contributed by atoms with E-state index in [1.807, 2.05) is 19.9 Å². The summed E-state index contributed by atoms with van der Waals surface area (Å²) < 4.78 is 1.56. The van der Waals surface area contributed by atoms with Crippen LogP contribution in [0.5, 0.6) is 0 Å². The first kappa shape index (κ1) is 10.8. The van der Waals surface area contributed by atoms with Gasteiger partial charge >= 0.3 is 0 Å². The van der Waals surface area contributed by atoms with E-state index in [0.717, 1.165) is 5.82 Å². The quantitative estimate of drug-likeness (QED) is 0.780. The van der Waals surface area contributed by atoms with Gasteiger partial charge in [0.2, 0.25) is 0 Å². The summed E-state index contributed by atoms with van der Waals surface area (Å²) >= 11 is 0. The van der Waals surface area contributed by atoms with Crippen LogP contribution in [0.25, 0.3) is 5.65 Å². The van der Waals surface area contributed by atoms with Crippen molar-refractivity contribution >= 4 is 11.4 Å². The van der Waals surface area contributed by atoms with Gasteiger partial charge in [0, 0.05) is 5.92 Å². The molecular weight excluding hydrogens is 204 g/mol. The van der Waals surface area contributed by atoms with Crippen LogP contribution >= 0.6 is 0 Å². The smallest absolute Gasteiger partial charge is 0.194 e. The maximum absolute atomic E-state index is 11.6. The van der Waals surface area contributed by atoms with Crippen molar-refractivity contribution < 1.29 is 4.79 Å². The Balaban J connectivity index is 2.63. The van der Waals surface area contributed by atoms with Crippen molar-refractivity contribution in [3.63, 3.8) is 0 Å². The van der Waals surface area contributed by atoms with Crippen molar-refractivity contribution in [1.29, 1.82) is 0 Å². The van der Waals surface area contributed by atoms with Crippen LogP contribution in [-0.4, -0.2) is 26.9 Å². The van der Waals surface area contributed by atoms with E-state index in [1.165, 1.54) is 0 Å². The van der Waals surface area contributed by atoms with Gasteiger partial charge in [0.15, 0.2) is 17.3 Å². The minimum absolute atomic E-state index is 0.0179. The van der Waals surface area contributed by atoms with E-state index in [2.05, 4.69) is 10.1 Å². The second-order valence-corrected chi connectivity index (χ2v) is 3.93. The highest BCUT2D eigenvalue weighted by atomic mass is 16.1. The van der Waals surface area contributed by atoms with Crippen molar-refractivity contribution in [2.75, 3.05) is 6.54 Å². The fourth-order valence-corrected chi connectivity index (χ4v) is 1.48. The lowest BCUT2D eigenvalue weighted by Gasteiger charge is -2.00. The molecule has 0 radical (unpaired) electrons. The summed E-state index contributed by atoms with van der Waals surface area (Å²) in [7, 11) is 0. The Bertz CT molecular complexity index is 530. The summed E-state index contributed by atoms with van der Waals surface area (Å²) in [5, 5.41) is 4.31. The molecule has 0 fully saturated rings. The normalized spacial score (nSPS) is 11.2. The molecule has 16 heavy (non-hydrogen) atoms. The summed E-state index contributed by atoms with van der Waals surface area (Å²) in [4.78, 5) is 15.9. The Morgan fingerprint density at radius 1 is 1.50 bits per heavy atom. The first-order valence-corrected chi connectivity index (χ1v) is 5.22. The monoisotopic (exact) mass is 218 g/mol. The van der Waals surface area contributed by atoms with Crippen molar-refractivity contribution in [1.82, 2.24) is 14.6 Å². The molecule has 0 aromatic carbocycles. The van der Waals surface area contributed by atoms with Crippen molar-refractivity contribution in [3.05, 3.63) is 29.7 Å². The van der Waals surface area contributed by atoms with Crippen LogP contribution < -0.4 is 5.73 Å². The van der Waals surface area contributed by atoms with Gasteiger partial charge in [-0.15, -0.1) is 0 Å². The number of nitrogens with zero attached hydrogens (tertiary/aromatic N) is 3. The molecule has 0 amide bonds. The molecule has 5 nitrogen and oxygen atoms in total. The van der Waals surface area contributed by atoms with Crippen molar-refractivity contribution in [2.45, 2.75) is 19.8 Å². The molecule has 2 aromatic heterocycles. The molecule has 0 spiro atoms. The summed E-state index contributed by atoms with van der Waals surface area (Å²) in [6, 6.07) is 5.32. The molecule has 0 saturated carbocycles. The number of pyridine rings is 1. The van der Waals surface area contributed by atoms with Gasteiger partial charge in [-0.1, -0.05) is 19.9 Å². The lowest BCUT2D eigenvalue weighted by molar-refractivity contribution is 0.0994. The van der Waals surface area contributed by atoms with Crippen LogP contribution in [0, 0.1) is 0 Å². The number of fused-ring (bicyclic) bond motifs is 1. The van der Waals surface area contributed by atoms with Gasteiger partial charge in [-0.2, -0.15) is 5.10 Å². The topological polar surface area (TPSA) is 73.3 Å². The standard InChI is InChI=1S/C11H14N4O/c1-7(2)11-13-10-5-3-4-8(9(16)6-12)15(10)14-11/h3-5,7H,6,12H2,1-2H3. The lowest BCUT2D eigenvalue weighted by Crippen LogP contribution is -2.17. The maximum Gasteiger partial charge on any atom is 0.194 e. The van der Waals surface area contributed by atoms with Gasteiger partial charge in [-0.25, -0.2) is 9.50 Å². The highest BCUT2D eigenvalue weighted by molar-refractivity contribution is 5.96. The van der Waals surface area contributed by atoms with E-state index in [1.54, 1.807) is 16.6 Å². The zero-order valence-electron chi connectivity index (χ0n) is 9.34. The van der Waals surface area contributed by atoms with Gasteiger partial charge in [0.05, 0.1) is 6.54 Å². The molecule has 0 bridgehead atoms. The second-order valence-electron chi connectivity index (χ2n) is 3.93. The van der Waals surface area contributed by atoms with E-state index in [0.29, 0.717) is 11.3 Å². The Labute approximate surface area is 93.3 Å². The van der Waals surface area contributed by atoms with Crippen LogP contribution in [0.2, 0.25) is 0 Å². The summed E-state index contributed by atoms with van der Waals surface area (Å²) in [5.41, 5.74) is 6.52. The Kier molecular flexibility index (Phi) is 2.70. The minimum Gasteiger partial charge on any atom is -0.324 e. The molecule has 2 rings (SSSR count). The Morgan fingerprint density at radius 2 is 2.25 bits per heavy atom.